The summed E-state index contributed by atoms with van der Waals surface area (Å²) in [5.41, 5.74) is 0.599. The molecule has 1 aliphatic heterocycles. The summed E-state index contributed by atoms with van der Waals surface area (Å²) < 4.78 is 39.6. The highest BCUT2D eigenvalue weighted by molar-refractivity contribution is 5.60. The summed E-state index contributed by atoms with van der Waals surface area (Å²) in [5, 5.41) is 7.30. The fraction of sp³-hybridized carbons (Fsp3) is 0.500. The first kappa shape index (κ1) is 17.6. The Bertz CT molecular complexity index is 710. The van der Waals surface area contributed by atoms with E-state index in [2.05, 4.69) is 32.0 Å². The van der Waals surface area contributed by atoms with Gasteiger partial charge in [0.05, 0.1) is 13.7 Å². The van der Waals surface area contributed by atoms with E-state index in [0.717, 1.165) is 19.6 Å². The van der Waals surface area contributed by atoms with Crippen LogP contribution in [0.15, 0.2) is 22.7 Å². The lowest BCUT2D eigenvalue weighted by molar-refractivity contribution is -0.0512. The van der Waals surface area contributed by atoms with E-state index in [0.29, 0.717) is 29.9 Å². The van der Waals surface area contributed by atoms with Gasteiger partial charge in [-0.3, -0.25) is 4.90 Å². The summed E-state index contributed by atoms with van der Waals surface area (Å²) >= 11 is 0. The molecule has 3 rings (SSSR count). The van der Waals surface area contributed by atoms with E-state index in [1.165, 1.54) is 13.2 Å². The minimum absolute atomic E-state index is 0.0420. The number of alkyl halides is 2. The van der Waals surface area contributed by atoms with Crippen LogP contribution in [0.5, 0.6) is 11.5 Å². The maximum atomic E-state index is 12.4. The van der Waals surface area contributed by atoms with E-state index < -0.39 is 6.61 Å². The van der Waals surface area contributed by atoms with Crippen LogP contribution in [0.1, 0.15) is 12.8 Å². The number of nitrogens with zero attached hydrogens (tertiary/aromatic N) is 3. The van der Waals surface area contributed by atoms with Crippen molar-refractivity contribution in [1.29, 1.82) is 0 Å². The Morgan fingerprint density at radius 1 is 1.40 bits per heavy atom. The fourth-order valence-electron chi connectivity index (χ4n) is 2.73. The predicted octanol–water partition coefficient (Wildman–Crippen LogP) is 2.14. The van der Waals surface area contributed by atoms with E-state index in [4.69, 9.17) is 9.26 Å². The summed E-state index contributed by atoms with van der Waals surface area (Å²) in [7, 11) is 1.38. The number of methoxy groups -OCH3 is 1. The SMILES string of the molecule is COc1cc(-c2noc(CN3CCNC[C@@H]3C)n2)ccc1OC(F)F. The average Bonchev–Trinajstić information content (AvgIpc) is 3.05. The molecule has 1 atom stereocenters. The molecule has 25 heavy (non-hydrogen) atoms. The van der Waals surface area contributed by atoms with Gasteiger partial charge >= 0.3 is 6.61 Å². The first-order chi connectivity index (χ1) is 12.1. The van der Waals surface area contributed by atoms with Crippen molar-refractivity contribution in [2.45, 2.75) is 26.1 Å². The van der Waals surface area contributed by atoms with Gasteiger partial charge in [0.25, 0.3) is 0 Å². The third-order valence-corrected chi connectivity index (χ3v) is 4.08. The first-order valence-electron chi connectivity index (χ1n) is 7.97. The van der Waals surface area contributed by atoms with E-state index >= 15 is 0 Å². The van der Waals surface area contributed by atoms with Crippen LogP contribution < -0.4 is 14.8 Å². The molecule has 0 amide bonds. The molecule has 9 heteroatoms. The van der Waals surface area contributed by atoms with Gasteiger partial charge in [-0.05, 0) is 25.1 Å². The number of benzene rings is 1. The number of halogens is 2. The number of nitrogens with one attached hydrogen (secondary N) is 1. The first-order valence-corrected chi connectivity index (χ1v) is 7.97. The summed E-state index contributed by atoms with van der Waals surface area (Å²) in [6, 6.07) is 4.91. The van der Waals surface area contributed by atoms with Gasteiger partial charge < -0.3 is 19.3 Å². The smallest absolute Gasteiger partial charge is 0.387 e. The Morgan fingerprint density at radius 2 is 2.24 bits per heavy atom. The summed E-state index contributed by atoms with van der Waals surface area (Å²) in [6.45, 7) is 2.54. The third-order valence-electron chi connectivity index (χ3n) is 4.08. The van der Waals surface area contributed by atoms with Gasteiger partial charge in [0.15, 0.2) is 11.5 Å². The number of ether oxygens (including phenoxy) is 2. The lowest BCUT2D eigenvalue weighted by Crippen LogP contribution is -2.49. The van der Waals surface area contributed by atoms with Crippen molar-refractivity contribution in [3.05, 3.63) is 24.1 Å². The number of rotatable bonds is 6. The molecular formula is C16H20F2N4O3. The van der Waals surface area contributed by atoms with Gasteiger partial charge in [0, 0.05) is 31.2 Å². The molecule has 1 aromatic carbocycles. The normalized spacial score (nSPS) is 18.5. The second-order valence-electron chi connectivity index (χ2n) is 5.78. The number of hydrogen-bond acceptors (Lipinski definition) is 7. The van der Waals surface area contributed by atoms with Crippen LogP contribution >= 0.6 is 0 Å². The molecule has 0 unspecified atom stereocenters. The van der Waals surface area contributed by atoms with E-state index in [1.807, 2.05) is 0 Å². The number of piperazine rings is 1. The molecule has 7 nitrogen and oxygen atoms in total. The molecule has 0 aliphatic carbocycles. The van der Waals surface area contributed by atoms with Crippen LogP contribution in [-0.2, 0) is 6.54 Å². The highest BCUT2D eigenvalue weighted by Gasteiger charge is 2.21. The molecule has 0 radical (unpaired) electrons. The lowest BCUT2D eigenvalue weighted by Gasteiger charge is -2.32. The zero-order chi connectivity index (χ0) is 17.8. The van der Waals surface area contributed by atoms with Crippen LogP contribution in [0.25, 0.3) is 11.4 Å². The maximum Gasteiger partial charge on any atom is 0.387 e. The highest BCUT2D eigenvalue weighted by atomic mass is 19.3. The van der Waals surface area contributed by atoms with Crippen molar-refractivity contribution in [2.75, 3.05) is 26.7 Å². The Balaban J connectivity index is 1.75. The van der Waals surface area contributed by atoms with Crippen LogP contribution in [0.3, 0.4) is 0 Å². The molecular weight excluding hydrogens is 334 g/mol. The van der Waals surface area contributed by atoms with Crippen LogP contribution in [-0.4, -0.2) is 54.4 Å². The van der Waals surface area contributed by atoms with Crippen molar-refractivity contribution < 1.29 is 22.8 Å². The molecule has 2 heterocycles. The standard InChI is InChI=1S/C16H20F2N4O3/c1-10-8-19-5-6-22(10)9-14-20-15(21-25-14)11-3-4-12(24-16(17)18)13(7-11)23-2/h3-4,7,10,16,19H,5-6,8-9H2,1-2H3/t10-/m0/s1. The lowest BCUT2D eigenvalue weighted by atomic mass is 10.2. The van der Waals surface area contributed by atoms with E-state index in [9.17, 15) is 8.78 Å². The van der Waals surface area contributed by atoms with Crippen molar-refractivity contribution in [3.63, 3.8) is 0 Å². The fourth-order valence-corrected chi connectivity index (χ4v) is 2.73. The third kappa shape index (κ3) is 4.23. The van der Waals surface area contributed by atoms with Crippen molar-refractivity contribution in [3.8, 4) is 22.9 Å². The van der Waals surface area contributed by atoms with Crippen LogP contribution in [0.2, 0.25) is 0 Å². The zero-order valence-electron chi connectivity index (χ0n) is 14.0. The Labute approximate surface area is 143 Å². The molecule has 1 N–H and O–H groups in total. The minimum Gasteiger partial charge on any atom is -0.493 e. The van der Waals surface area contributed by atoms with Crippen LogP contribution in [0.4, 0.5) is 8.78 Å². The maximum absolute atomic E-state index is 12.4. The second kappa shape index (κ2) is 7.75. The van der Waals surface area contributed by atoms with Crippen molar-refractivity contribution >= 4 is 0 Å². The van der Waals surface area contributed by atoms with Crippen LogP contribution in [0, 0.1) is 0 Å². The van der Waals surface area contributed by atoms with E-state index in [-0.39, 0.29) is 11.5 Å². The van der Waals surface area contributed by atoms with Gasteiger partial charge in [-0.15, -0.1) is 0 Å². The molecule has 1 fully saturated rings. The molecule has 1 saturated heterocycles. The Hall–Kier alpha value is -2.26. The largest absolute Gasteiger partial charge is 0.493 e. The molecule has 136 valence electrons. The number of aromatic nitrogens is 2. The van der Waals surface area contributed by atoms with Gasteiger partial charge in [-0.25, -0.2) is 0 Å². The van der Waals surface area contributed by atoms with Gasteiger partial charge in [-0.2, -0.15) is 13.8 Å². The summed E-state index contributed by atoms with van der Waals surface area (Å²) in [6.07, 6.45) is 0. The zero-order valence-corrected chi connectivity index (χ0v) is 14.0. The quantitative estimate of drug-likeness (QED) is 0.852. The van der Waals surface area contributed by atoms with Gasteiger partial charge in [0.1, 0.15) is 0 Å². The summed E-state index contributed by atoms with van der Waals surface area (Å²) in [5.74, 6) is 1.02. The van der Waals surface area contributed by atoms with Gasteiger partial charge in [-0.1, -0.05) is 5.16 Å². The molecule has 0 bridgehead atoms. The molecule has 0 spiro atoms. The van der Waals surface area contributed by atoms with Gasteiger partial charge in [0.2, 0.25) is 11.7 Å². The molecule has 1 aliphatic rings. The predicted molar refractivity (Wildman–Crippen MR) is 85.7 cm³/mol. The monoisotopic (exact) mass is 354 g/mol. The molecule has 0 saturated carbocycles. The molecule has 1 aromatic heterocycles. The van der Waals surface area contributed by atoms with E-state index in [1.54, 1.807) is 12.1 Å². The second-order valence-corrected chi connectivity index (χ2v) is 5.78. The van der Waals surface area contributed by atoms with Crippen molar-refractivity contribution in [1.82, 2.24) is 20.4 Å². The topological polar surface area (TPSA) is 72.7 Å². The Morgan fingerprint density at radius 3 is 2.96 bits per heavy atom. The average molecular weight is 354 g/mol. The van der Waals surface area contributed by atoms with Crippen molar-refractivity contribution in [2.24, 2.45) is 0 Å². The Kier molecular flexibility index (Phi) is 5.44. The minimum atomic E-state index is -2.92. The summed E-state index contributed by atoms with van der Waals surface area (Å²) in [4.78, 5) is 6.65. The number of hydrogen-bond donors (Lipinski definition) is 1. The molecule has 2 aromatic rings. The highest BCUT2D eigenvalue weighted by Crippen LogP contribution is 2.32.